The van der Waals surface area contributed by atoms with E-state index in [1.165, 1.54) is 42.8 Å². The average molecular weight is 250 g/mol. The fourth-order valence-corrected chi connectivity index (χ4v) is 4.61. The van der Waals surface area contributed by atoms with E-state index in [9.17, 15) is 0 Å². The molecule has 4 atom stereocenters. The summed E-state index contributed by atoms with van der Waals surface area (Å²) in [5, 5.41) is 3.72. The topological polar surface area (TPSA) is 24.9 Å². The Morgan fingerprint density at radius 2 is 2.35 bits per heavy atom. The SMILES string of the molecule is Cc1ncsc1C(C)NCC1CC2CCC1C2. The van der Waals surface area contributed by atoms with Gasteiger partial charge in [0.1, 0.15) is 0 Å². The predicted molar refractivity (Wildman–Crippen MR) is 72.2 cm³/mol. The van der Waals surface area contributed by atoms with E-state index in [0.717, 1.165) is 17.8 Å². The molecule has 1 aromatic heterocycles. The molecule has 4 unspecified atom stereocenters. The maximum Gasteiger partial charge on any atom is 0.0798 e. The van der Waals surface area contributed by atoms with Gasteiger partial charge in [-0.05, 0) is 57.4 Å². The Kier molecular flexibility index (Phi) is 3.22. The van der Waals surface area contributed by atoms with Gasteiger partial charge in [0, 0.05) is 10.9 Å². The minimum absolute atomic E-state index is 0.474. The van der Waals surface area contributed by atoms with E-state index in [2.05, 4.69) is 24.1 Å². The van der Waals surface area contributed by atoms with Gasteiger partial charge in [-0.3, -0.25) is 0 Å². The molecule has 3 rings (SSSR count). The summed E-state index contributed by atoms with van der Waals surface area (Å²) in [4.78, 5) is 5.74. The molecule has 2 fully saturated rings. The molecule has 2 aliphatic carbocycles. The van der Waals surface area contributed by atoms with E-state index in [-0.39, 0.29) is 0 Å². The average Bonchev–Trinajstić information content (AvgIpc) is 3.01. The van der Waals surface area contributed by atoms with Crippen LogP contribution in [-0.2, 0) is 0 Å². The summed E-state index contributed by atoms with van der Waals surface area (Å²) in [6, 6.07) is 0.474. The molecule has 1 heterocycles. The standard InChI is InChI=1S/C14H22N2S/c1-9(14-10(2)16-8-17-14)15-7-13-6-11-3-4-12(13)5-11/h8-9,11-13,15H,3-7H2,1-2H3. The Hall–Kier alpha value is -0.410. The fraction of sp³-hybridized carbons (Fsp3) is 0.786. The van der Waals surface area contributed by atoms with Crippen LogP contribution < -0.4 is 5.32 Å². The Morgan fingerprint density at radius 1 is 1.47 bits per heavy atom. The highest BCUT2D eigenvalue weighted by Crippen LogP contribution is 2.48. The van der Waals surface area contributed by atoms with Gasteiger partial charge in [0.15, 0.2) is 0 Å². The highest BCUT2D eigenvalue weighted by molar-refractivity contribution is 7.09. The van der Waals surface area contributed by atoms with Crippen molar-refractivity contribution in [2.45, 2.75) is 45.6 Å². The zero-order valence-electron chi connectivity index (χ0n) is 10.8. The predicted octanol–water partition coefficient (Wildman–Crippen LogP) is 3.54. The summed E-state index contributed by atoms with van der Waals surface area (Å²) >= 11 is 1.78. The first-order valence-electron chi connectivity index (χ1n) is 6.87. The van der Waals surface area contributed by atoms with E-state index in [1.807, 2.05) is 5.51 Å². The summed E-state index contributed by atoms with van der Waals surface area (Å²) in [7, 11) is 0. The van der Waals surface area contributed by atoms with E-state index >= 15 is 0 Å². The Labute approximate surface area is 108 Å². The Bertz CT molecular complexity index is 387. The number of hydrogen-bond donors (Lipinski definition) is 1. The lowest BCUT2D eigenvalue weighted by Crippen LogP contribution is -2.28. The highest BCUT2D eigenvalue weighted by atomic mass is 32.1. The third-order valence-electron chi connectivity index (χ3n) is 4.75. The second-order valence-corrected chi connectivity index (χ2v) is 6.75. The zero-order chi connectivity index (χ0) is 11.8. The first-order chi connectivity index (χ1) is 8.24. The van der Waals surface area contributed by atoms with Crippen molar-refractivity contribution in [3.63, 3.8) is 0 Å². The number of nitrogens with zero attached hydrogens (tertiary/aromatic N) is 1. The molecular formula is C14H22N2S. The molecule has 3 heteroatoms. The third-order valence-corrected chi connectivity index (χ3v) is 5.86. The molecule has 0 aromatic carbocycles. The van der Waals surface area contributed by atoms with Crippen LogP contribution in [0.4, 0.5) is 0 Å². The molecule has 1 N–H and O–H groups in total. The van der Waals surface area contributed by atoms with Gasteiger partial charge in [-0.2, -0.15) is 0 Å². The van der Waals surface area contributed by atoms with Crippen LogP contribution in [0.15, 0.2) is 5.51 Å². The van der Waals surface area contributed by atoms with Crippen LogP contribution >= 0.6 is 11.3 Å². The van der Waals surface area contributed by atoms with Crippen molar-refractivity contribution in [2.75, 3.05) is 6.54 Å². The molecule has 2 aliphatic rings. The summed E-state index contributed by atoms with van der Waals surface area (Å²) < 4.78 is 0. The van der Waals surface area contributed by atoms with Gasteiger partial charge >= 0.3 is 0 Å². The number of hydrogen-bond acceptors (Lipinski definition) is 3. The van der Waals surface area contributed by atoms with Crippen molar-refractivity contribution in [1.82, 2.24) is 10.3 Å². The van der Waals surface area contributed by atoms with Crippen molar-refractivity contribution in [3.05, 3.63) is 16.1 Å². The second kappa shape index (κ2) is 4.69. The van der Waals surface area contributed by atoms with Crippen molar-refractivity contribution in [3.8, 4) is 0 Å². The molecule has 2 bridgehead atoms. The molecule has 0 spiro atoms. The molecule has 2 saturated carbocycles. The molecule has 0 aliphatic heterocycles. The number of aromatic nitrogens is 1. The number of nitrogens with one attached hydrogen (secondary N) is 1. The summed E-state index contributed by atoms with van der Waals surface area (Å²) in [5.41, 5.74) is 3.16. The number of thiazole rings is 1. The van der Waals surface area contributed by atoms with Crippen LogP contribution in [0, 0.1) is 24.7 Å². The lowest BCUT2D eigenvalue weighted by Gasteiger charge is -2.24. The van der Waals surface area contributed by atoms with Crippen LogP contribution in [0.1, 0.15) is 49.2 Å². The second-order valence-electron chi connectivity index (χ2n) is 5.87. The van der Waals surface area contributed by atoms with Crippen LogP contribution in [0.5, 0.6) is 0 Å². The van der Waals surface area contributed by atoms with Crippen LogP contribution in [0.25, 0.3) is 0 Å². The zero-order valence-corrected chi connectivity index (χ0v) is 11.6. The molecule has 0 saturated heterocycles. The first-order valence-corrected chi connectivity index (χ1v) is 7.75. The lowest BCUT2D eigenvalue weighted by molar-refractivity contribution is 0.310. The minimum Gasteiger partial charge on any atom is -0.309 e. The van der Waals surface area contributed by atoms with Crippen molar-refractivity contribution in [2.24, 2.45) is 17.8 Å². The van der Waals surface area contributed by atoms with Gasteiger partial charge in [0.2, 0.25) is 0 Å². The van der Waals surface area contributed by atoms with Gasteiger partial charge in [-0.15, -0.1) is 11.3 Å². The number of rotatable bonds is 4. The van der Waals surface area contributed by atoms with Crippen LogP contribution in [-0.4, -0.2) is 11.5 Å². The number of aryl methyl sites for hydroxylation is 1. The summed E-state index contributed by atoms with van der Waals surface area (Å²) in [5.74, 6) is 3.04. The van der Waals surface area contributed by atoms with Gasteiger partial charge < -0.3 is 5.32 Å². The largest absolute Gasteiger partial charge is 0.309 e. The molecular weight excluding hydrogens is 228 g/mol. The highest BCUT2D eigenvalue weighted by Gasteiger charge is 2.39. The molecule has 0 radical (unpaired) electrons. The molecule has 94 valence electrons. The van der Waals surface area contributed by atoms with Crippen molar-refractivity contribution in [1.29, 1.82) is 0 Å². The third kappa shape index (κ3) is 2.27. The summed E-state index contributed by atoms with van der Waals surface area (Å²) in [6.07, 6.45) is 5.99. The number of fused-ring (bicyclic) bond motifs is 2. The van der Waals surface area contributed by atoms with E-state index in [0.29, 0.717) is 6.04 Å². The van der Waals surface area contributed by atoms with Crippen molar-refractivity contribution >= 4 is 11.3 Å². The maximum atomic E-state index is 4.33. The van der Waals surface area contributed by atoms with Gasteiger partial charge in [0.05, 0.1) is 11.2 Å². The molecule has 1 aromatic rings. The van der Waals surface area contributed by atoms with Gasteiger partial charge in [-0.25, -0.2) is 4.98 Å². The Morgan fingerprint density at radius 3 is 2.94 bits per heavy atom. The molecule has 17 heavy (non-hydrogen) atoms. The minimum atomic E-state index is 0.474. The van der Waals surface area contributed by atoms with E-state index < -0.39 is 0 Å². The maximum absolute atomic E-state index is 4.33. The van der Waals surface area contributed by atoms with Crippen LogP contribution in [0.3, 0.4) is 0 Å². The van der Waals surface area contributed by atoms with Crippen LogP contribution in [0.2, 0.25) is 0 Å². The fourth-order valence-electron chi connectivity index (χ4n) is 3.77. The van der Waals surface area contributed by atoms with E-state index in [1.54, 1.807) is 11.3 Å². The normalized spacial score (nSPS) is 33.2. The van der Waals surface area contributed by atoms with Gasteiger partial charge in [0.25, 0.3) is 0 Å². The van der Waals surface area contributed by atoms with Crippen molar-refractivity contribution < 1.29 is 0 Å². The lowest BCUT2D eigenvalue weighted by atomic mass is 9.88. The molecule has 2 nitrogen and oxygen atoms in total. The molecule has 0 amide bonds. The quantitative estimate of drug-likeness (QED) is 0.884. The van der Waals surface area contributed by atoms with Gasteiger partial charge in [-0.1, -0.05) is 6.42 Å². The first kappa shape index (κ1) is 11.7. The smallest absolute Gasteiger partial charge is 0.0798 e. The summed E-state index contributed by atoms with van der Waals surface area (Å²) in [6.45, 7) is 5.59. The van der Waals surface area contributed by atoms with E-state index in [4.69, 9.17) is 0 Å². The monoisotopic (exact) mass is 250 g/mol. The Balaban J connectivity index is 1.53.